The molecule has 0 saturated heterocycles. The summed E-state index contributed by atoms with van der Waals surface area (Å²) in [5, 5.41) is 9.88. The van der Waals surface area contributed by atoms with Crippen molar-refractivity contribution < 1.29 is 0 Å². The van der Waals surface area contributed by atoms with Crippen molar-refractivity contribution in [1.29, 1.82) is 5.26 Å². The molecule has 0 N–H and O–H groups in total. The molecule has 0 fully saturated rings. The number of benzene rings is 1. The van der Waals surface area contributed by atoms with Crippen LogP contribution in [0.15, 0.2) is 24.3 Å². The topological polar surface area (TPSA) is 36.7 Å². The van der Waals surface area contributed by atoms with Gasteiger partial charge in [-0.25, -0.2) is 0 Å². The summed E-state index contributed by atoms with van der Waals surface area (Å²) < 4.78 is 0. The zero-order chi connectivity index (χ0) is 10.1. The van der Waals surface area contributed by atoms with Crippen molar-refractivity contribution in [3.63, 3.8) is 0 Å². The first-order chi connectivity index (χ1) is 6.70. The molecule has 68 valence electrons. The molecule has 0 aliphatic heterocycles. The summed E-state index contributed by atoms with van der Waals surface area (Å²) in [5.74, 6) is 0. The Morgan fingerprint density at radius 1 is 1.21 bits per heavy atom. The number of fused-ring (bicyclic) bond motifs is 1. The lowest BCUT2D eigenvalue weighted by atomic mass is 10.1. The normalized spacial score (nSPS) is 10.1. The number of hydrogen-bond acceptors (Lipinski definition) is 2. The van der Waals surface area contributed by atoms with Crippen LogP contribution >= 0.6 is 0 Å². The van der Waals surface area contributed by atoms with Crippen LogP contribution < -0.4 is 0 Å². The van der Waals surface area contributed by atoms with E-state index in [0.29, 0.717) is 5.56 Å². The lowest BCUT2D eigenvalue weighted by Crippen LogP contribution is -1.87. The van der Waals surface area contributed by atoms with Crippen LogP contribution in [0.2, 0.25) is 0 Å². The minimum atomic E-state index is 0.662. The largest absolute Gasteiger partial charge is 0.253 e. The molecule has 1 aromatic carbocycles. The fourth-order valence-corrected chi connectivity index (χ4v) is 1.64. The van der Waals surface area contributed by atoms with E-state index in [0.717, 1.165) is 16.6 Å². The molecule has 1 heterocycles. The van der Waals surface area contributed by atoms with E-state index < -0.39 is 0 Å². The highest BCUT2D eigenvalue weighted by molar-refractivity contribution is 5.83. The van der Waals surface area contributed by atoms with Crippen molar-refractivity contribution in [1.82, 2.24) is 4.98 Å². The number of hydrogen-bond donors (Lipinski definition) is 0. The monoisotopic (exact) mass is 182 g/mol. The Kier molecular flexibility index (Phi) is 1.94. The van der Waals surface area contributed by atoms with E-state index in [1.807, 2.05) is 31.2 Å². The fraction of sp³-hybridized carbons (Fsp3) is 0.167. The summed E-state index contributed by atoms with van der Waals surface area (Å²) in [6, 6.07) is 9.78. The lowest BCUT2D eigenvalue weighted by molar-refractivity contribution is 1.23. The molecule has 0 amide bonds. The van der Waals surface area contributed by atoms with E-state index in [4.69, 9.17) is 5.26 Å². The van der Waals surface area contributed by atoms with Gasteiger partial charge in [0, 0.05) is 11.1 Å². The molecule has 0 radical (unpaired) electrons. The first-order valence-corrected chi connectivity index (χ1v) is 4.49. The van der Waals surface area contributed by atoms with E-state index in [-0.39, 0.29) is 0 Å². The van der Waals surface area contributed by atoms with Gasteiger partial charge < -0.3 is 0 Å². The molecule has 2 heteroatoms. The Morgan fingerprint density at radius 2 is 2.00 bits per heavy atom. The van der Waals surface area contributed by atoms with Crippen LogP contribution in [0, 0.1) is 25.2 Å². The summed E-state index contributed by atoms with van der Waals surface area (Å²) in [7, 11) is 0. The molecule has 2 rings (SSSR count). The summed E-state index contributed by atoms with van der Waals surface area (Å²) in [6.07, 6.45) is 0. The molecule has 0 bridgehead atoms. The minimum absolute atomic E-state index is 0.662. The van der Waals surface area contributed by atoms with E-state index in [9.17, 15) is 0 Å². The van der Waals surface area contributed by atoms with E-state index in [1.165, 1.54) is 5.56 Å². The van der Waals surface area contributed by atoms with Gasteiger partial charge in [0.2, 0.25) is 0 Å². The minimum Gasteiger partial charge on any atom is -0.253 e. The van der Waals surface area contributed by atoms with Gasteiger partial charge in [0.25, 0.3) is 0 Å². The predicted molar refractivity (Wildman–Crippen MR) is 55.9 cm³/mol. The molecule has 0 aliphatic carbocycles. The molecule has 0 spiro atoms. The highest BCUT2D eigenvalue weighted by atomic mass is 14.7. The highest BCUT2D eigenvalue weighted by Gasteiger charge is 2.00. The van der Waals surface area contributed by atoms with Gasteiger partial charge in [-0.15, -0.1) is 0 Å². The van der Waals surface area contributed by atoms with Gasteiger partial charge >= 0.3 is 0 Å². The molecule has 2 aromatic rings. The first kappa shape index (κ1) is 8.71. The third-order valence-electron chi connectivity index (χ3n) is 2.27. The van der Waals surface area contributed by atoms with Crippen molar-refractivity contribution in [3.8, 4) is 6.07 Å². The zero-order valence-corrected chi connectivity index (χ0v) is 8.20. The van der Waals surface area contributed by atoms with Crippen LogP contribution in [0.1, 0.15) is 16.8 Å². The van der Waals surface area contributed by atoms with E-state index >= 15 is 0 Å². The number of pyridine rings is 1. The zero-order valence-electron chi connectivity index (χ0n) is 8.20. The van der Waals surface area contributed by atoms with Crippen molar-refractivity contribution in [2.45, 2.75) is 13.8 Å². The number of rotatable bonds is 0. The van der Waals surface area contributed by atoms with Crippen LogP contribution in [-0.4, -0.2) is 4.98 Å². The standard InChI is InChI=1S/C12H10N2/c1-8-5-9(2)14-12-6-10(7-13)3-4-11(8)12/h3-6H,1-2H3. The Labute approximate surface area is 82.8 Å². The average Bonchev–Trinajstić information content (AvgIpc) is 2.16. The SMILES string of the molecule is Cc1cc(C)c2ccc(C#N)cc2n1. The number of nitrogens with zero attached hydrogens (tertiary/aromatic N) is 2. The average molecular weight is 182 g/mol. The Balaban J connectivity index is 2.83. The van der Waals surface area contributed by atoms with Gasteiger partial charge in [-0.1, -0.05) is 6.07 Å². The molecular formula is C12H10N2. The number of aryl methyl sites for hydroxylation is 2. The molecule has 14 heavy (non-hydrogen) atoms. The molecule has 0 unspecified atom stereocenters. The Hall–Kier alpha value is -1.88. The molecular weight excluding hydrogens is 172 g/mol. The van der Waals surface area contributed by atoms with E-state index in [1.54, 1.807) is 0 Å². The Morgan fingerprint density at radius 3 is 2.71 bits per heavy atom. The maximum Gasteiger partial charge on any atom is 0.0992 e. The van der Waals surface area contributed by atoms with Crippen molar-refractivity contribution in [2.24, 2.45) is 0 Å². The molecule has 2 nitrogen and oxygen atoms in total. The molecule has 0 aliphatic rings. The van der Waals surface area contributed by atoms with Crippen LogP contribution in [0.5, 0.6) is 0 Å². The second-order valence-corrected chi connectivity index (χ2v) is 3.42. The lowest BCUT2D eigenvalue weighted by Gasteiger charge is -2.03. The van der Waals surface area contributed by atoms with Crippen molar-refractivity contribution in [2.75, 3.05) is 0 Å². The van der Waals surface area contributed by atoms with Crippen molar-refractivity contribution >= 4 is 10.9 Å². The summed E-state index contributed by atoms with van der Waals surface area (Å²) in [6.45, 7) is 4.02. The maximum atomic E-state index is 8.76. The smallest absolute Gasteiger partial charge is 0.0992 e. The van der Waals surface area contributed by atoms with Gasteiger partial charge in [0.15, 0.2) is 0 Å². The Bertz CT molecular complexity index is 536. The third kappa shape index (κ3) is 1.33. The molecule has 1 aromatic heterocycles. The summed E-state index contributed by atoms with van der Waals surface area (Å²) >= 11 is 0. The van der Waals surface area contributed by atoms with Crippen molar-refractivity contribution in [3.05, 3.63) is 41.1 Å². The van der Waals surface area contributed by atoms with Gasteiger partial charge in [-0.3, -0.25) is 4.98 Å². The number of aromatic nitrogens is 1. The van der Waals surface area contributed by atoms with Gasteiger partial charge in [0.1, 0.15) is 0 Å². The fourth-order valence-electron chi connectivity index (χ4n) is 1.64. The summed E-state index contributed by atoms with van der Waals surface area (Å²) in [4.78, 5) is 4.39. The quantitative estimate of drug-likeness (QED) is 0.628. The van der Waals surface area contributed by atoms with Crippen LogP contribution in [0.3, 0.4) is 0 Å². The van der Waals surface area contributed by atoms with Gasteiger partial charge in [-0.05, 0) is 37.6 Å². The summed E-state index contributed by atoms with van der Waals surface area (Å²) in [5.41, 5.74) is 3.76. The van der Waals surface area contributed by atoms with Crippen LogP contribution in [0.4, 0.5) is 0 Å². The van der Waals surface area contributed by atoms with Gasteiger partial charge in [-0.2, -0.15) is 5.26 Å². The van der Waals surface area contributed by atoms with Gasteiger partial charge in [0.05, 0.1) is 17.1 Å². The third-order valence-corrected chi connectivity index (χ3v) is 2.27. The highest BCUT2D eigenvalue weighted by Crippen LogP contribution is 2.18. The second kappa shape index (κ2) is 3.12. The second-order valence-electron chi connectivity index (χ2n) is 3.42. The maximum absolute atomic E-state index is 8.76. The van der Waals surface area contributed by atoms with Crippen LogP contribution in [0.25, 0.3) is 10.9 Å². The predicted octanol–water partition coefficient (Wildman–Crippen LogP) is 2.72. The first-order valence-electron chi connectivity index (χ1n) is 4.49. The molecule has 0 atom stereocenters. The number of nitriles is 1. The molecule has 0 saturated carbocycles. The van der Waals surface area contributed by atoms with Crippen LogP contribution in [-0.2, 0) is 0 Å². The van der Waals surface area contributed by atoms with E-state index in [2.05, 4.69) is 18.0 Å².